The van der Waals surface area contributed by atoms with Crippen LogP contribution in [0.15, 0.2) is 42.5 Å². The minimum absolute atomic E-state index is 0.122. The van der Waals surface area contributed by atoms with E-state index in [1.807, 2.05) is 6.07 Å². The normalized spacial score (nSPS) is 9.83. The Morgan fingerprint density at radius 1 is 1.17 bits per heavy atom. The van der Waals surface area contributed by atoms with Crippen LogP contribution in [-0.2, 0) is 5.88 Å². The number of nitrogens with zero attached hydrogens (tertiary/aromatic N) is 1. The maximum Gasteiger partial charge on any atom is 0.167 e. The molecule has 2 aromatic carbocycles. The number of rotatable bonds is 3. The first-order valence-electron chi connectivity index (χ1n) is 5.26. The average molecular weight is 262 g/mol. The number of hydrogen-bond donors (Lipinski definition) is 0. The van der Waals surface area contributed by atoms with Gasteiger partial charge in [-0.05, 0) is 30.3 Å². The molecule has 2 aromatic rings. The van der Waals surface area contributed by atoms with Crippen LogP contribution in [0.1, 0.15) is 11.1 Å². The van der Waals surface area contributed by atoms with Crippen LogP contribution in [0, 0.1) is 17.1 Å². The number of halogens is 2. The van der Waals surface area contributed by atoms with Crippen LogP contribution in [0.4, 0.5) is 4.39 Å². The summed E-state index contributed by atoms with van der Waals surface area (Å²) in [6, 6.07) is 13.0. The van der Waals surface area contributed by atoms with Gasteiger partial charge in [0.25, 0.3) is 0 Å². The zero-order chi connectivity index (χ0) is 13.0. The first-order valence-corrected chi connectivity index (χ1v) is 5.79. The van der Waals surface area contributed by atoms with Crippen LogP contribution in [0.25, 0.3) is 0 Å². The van der Waals surface area contributed by atoms with Gasteiger partial charge in [0.15, 0.2) is 11.6 Å². The summed E-state index contributed by atoms with van der Waals surface area (Å²) in [6.07, 6.45) is 0. The third-order valence-electron chi connectivity index (χ3n) is 2.40. The summed E-state index contributed by atoms with van der Waals surface area (Å²) in [4.78, 5) is 0. The predicted molar refractivity (Wildman–Crippen MR) is 67.2 cm³/mol. The van der Waals surface area contributed by atoms with Crippen molar-refractivity contribution in [3.8, 4) is 17.6 Å². The summed E-state index contributed by atoms with van der Waals surface area (Å²) >= 11 is 5.73. The van der Waals surface area contributed by atoms with Gasteiger partial charge in [-0.1, -0.05) is 12.1 Å². The Morgan fingerprint density at radius 3 is 2.50 bits per heavy atom. The Bertz CT molecular complexity index is 590. The minimum atomic E-state index is -0.461. The fourth-order valence-corrected chi connectivity index (χ4v) is 1.70. The molecule has 0 aromatic heterocycles. The van der Waals surface area contributed by atoms with Crippen molar-refractivity contribution in [2.45, 2.75) is 5.88 Å². The van der Waals surface area contributed by atoms with Gasteiger partial charge in [-0.15, -0.1) is 11.6 Å². The lowest BCUT2D eigenvalue weighted by molar-refractivity contribution is 0.438. The van der Waals surface area contributed by atoms with Crippen molar-refractivity contribution in [3.05, 3.63) is 59.4 Å². The molecule has 0 amide bonds. The zero-order valence-electron chi connectivity index (χ0n) is 9.36. The van der Waals surface area contributed by atoms with E-state index >= 15 is 0 Å². The molecular weight excluding hydrogens is 253 g/mol. The number of hydrogen-bond acceptors (Lipinski definition) is 2. The van der Waals surface area contributed by atoms with Crippen molar-refractivity contribution in [3.63, 3.8) is 0 Å². The number of ether oxygens (including phenoxy) is 1. The number of benzene rings is 2. The van der Waals surface area contributed by atoms with Crippen LogP contribution in [0.2, 0.25) is 0 Å². The van der Waals surface area contributed by atoms with E-state index < -0.39 is 5.82 Å². The smallest absolute Gasteiger partial charge is 0.167 e. The molecule has 2 nitrogen and oxygen atoms in total. The number of nitriles is 1. The highest BCUT2D eigenvalue weighted by atomic mass is 35.5. The summed E-state index contributed by atoms with van der Waals surface area (Å²) in [6.45, 7) is 0. The predicted octanol–water partition coefficient (Wildman–Crippen LogP) is 4.23. The highest BCUT2D eigenvalue weighted by Gasteiger charge is 2.10. The molecule has 0 spiro atoms. The third kappa shape index (κ3) is 2.61. The summed E-state index contributed by atoms with van der Waals surface area (Å²) in [5.74, 6) is 0.295. The third-order valence-corrected chi connectivity index (χ3v) is 2.68. The molecule has 0 saturated carbocycles. The molecule has 90 valence electrons. The van der Waals surface area contributed by atoms with Gasteiger partial charge in [0, 0.05) is 5.56 Å². The molecule has 2 rings (SSSR count). The van der Waals surface area contributed by atoms with E-state index in [2.05, 4.69) is 0 Å². The Balaban J connectivity index is 2.31. The molecule has 0 atom stereocenters. The fourth-order valence-electron chi connectivity index (χ4n) is 1.49. The van der Waals surface area contributed by atoms with E-state index in [9.17, 15) is 4.39 Å². The first kappa shape index (κ1) is 12.4. The van der Waals surface area contributed by atoms with Crippen LogP contribution in [0.5, 0.6) is 11.5 Å². The minimum Gasteiger partial charge on any atom is -0.454 e. The molecule has 4 heteroatoms. The highest BCUT2D eigenvalue weighted by molar-refractivity contribution is 6.17. The van der Waals surface area contributed by atoms with Gasteiger partial charge in [0.2, 0.25) is 0 Å². The van der Waals surface area contributed by atoms with E-state index in [4.69, 9.17) is 21.6 Å². The van der Waals surface area contributed by atoms with Crippen molar-refractivity contribution in [1.29, 1.82) is 5.26 Å². The molecule has 0 heterocycles. The molecule has 0 saturated heterocycles. The Morgan fingerprint density at radius 2 is 1.89 bits per heavy atom. The van der Waals surface area contributed by atoms with Gasteiger partial charge >= 0.3 is 0 Å². The quantitative estimate of drug-likeness (QED) is 0.775. The molecule has 0 unspecified atom stereocenters. The van der Waals surface area contributed by atoms with E-state index in [0.29, 0.717) is 16.9 Å². The van der Waals surface area contributed by atoms with Crippen molar-refractivity contribution in [2.24, 2.45) is 0 Å². The van der Waals surface area contributed by atoms with Crippen molar-refractivity contribution in [1.82, 2.24) is 0 Å². The van der Waals surface area contributed by atoms with Gasteiger partial charge in [-0.25, -0.2) is 4.39 Å². The second-order valence-corrected chi connectivity index (χ2v) is 3.87. The molecule has 0 aliphatic carbocycles. The average Bonchev–Trinajstić information content (AvgIpc) is 2.42. The lowest BCUT2D eigenvalue weighted by Gasteiger charge is -2.10. The molecule has 18 heavy (non-hydrogen) atoms. The van der Waals surface area contributed by atoms with E-state index in [1.165, 1.54) is 6.07 Å². The molecule has 0 fully saturated rings. The maximum absolute atomic E-state index is 13.6. The van der Waals surface area contributed by atoms with Gasteiger partial charge in [-0.3, -0.25) is 0 Å². The van der Waals surface area contributed by atoms with Gasteiger partial charge < -0.3 is 4.74 Å². The van der Waals surface area contributed by atoms with Gasteiger partial charge in [0.1, 0.15) is 5.75 Å². The first-order chi connectivity index (χ1) is 8.74. The standard InChI is InChI=1S/C14H9ClFNO/c15-8-11-2-1-3-13(16)14(11)18-12-6-4-10(9-17)5-7-12/h1-7H,8H2. The van der Waals surface area contributed by atoms with Crippen molar-refractivity contribution >= 4 is 11.6 Å². The van der Waals surface area contributed by atoms with Gasteiger partial charge in [-0.2, -0.15) is 5.26 Å². The van der Waals surface area contributed by atoms with Crippen LogP contribution in [-0.4, -0.2) is 0 Å². The topological polar surface area (TPSA) is 33.0 Å². The van der Waals surface area contributed by atoms with Crippen molar-refractivity contribution in [2.75, 3.05) is 0 Å². The second-order valence-electron chi connectivity index (χ2n) is 3.60. The summed E-state index contributed by atoms with van der Waals surface area (Å²) in [7, 11) is 0. The van der Waals surface area contributed by atoms with E-state index in [-0.39, 0.29) is 11.6 Å². The van der Waals surface area contributed by atoms with Crippen LogP contribution >= 0.6 is 11.6 Å². The molecule has 0 radical (unpaired) electrons. The summed E-state index contributed by atoms with van der Waals surface area (Å²) in [5, 5.41) is 8.68. The molecule has 0 bridgehead atoms. The fraction of sp³-hybridized carbons (Fsp3) is 0.0714. The van der Waals surface area contributed by atoms with Gasteiger partial charge in [0.05, 0.1) is 17.5 Å². The summed E-state index contributed by atoms with van der Waals surface area (Å²) < 4.78 is 19.1. The Kier molecular flexibility index (Phi) is 3.81. The number of para-hydroxylation sites is 1. The van der Waals surface area contributed by atoms with Crippen molar-refractivity contribution < 1.29 is 9.13 Å². The largest absolute Gasteiger partial charge is 0.454 e. The van der Waals surface area contributed by atoms with E-state index in [1.54, 1.807) is 36.4 Å². The lowest BCUT2D eigenvalue weighted by atomic mass is 10.2. The SMILES string of the molecule is N#Cc1ccc(Oc2c(F)cccc2CCl)cc1. The second kappa shape index (κ2) is 5.52. The lowest BCUT2D eigenvalue weighted by Crippen LogP contribution is -1.93. The van der Waals surface area contributed by atoms with Crippen LogP contribution in [0.3, 0.4) is 0 Å². The molecular formula is C14H9ClFNO. The zero-order valence-corrected chi connectivity index (χ0v) is 10.1. The molecule has 0 N–H and O–H groups in total. The Labute approximate surface area is 109 Å². The molecule has 0 aliphatic rings. The number of alkyl halides is 1. The molecule has 0 aliphatic heterocycles. The van der Waals surface area contributed by atoms with Crippen LogP contribution < -0.4 is 4.74 Å². The maximum atomic E-state index is 13.6. The monoisotopic (exact) mass is 261 g/mol. The van der Waals surface area contributed by atoms with E-state index in [0.717, 1.165) is 0 Å². The highest BCUT2D eigenvalue weighted by Crippen LogP contribution is 2.29. The summed E-state index contributed by atoms with van der Waals surface area (Å²) in [5.41, 5.74) is 1.11. The Hall–Kier alpha value is -2.05.